The van der Waals surface area contributed by atoms with Crippen molar-refractivity contribution in [1.29, 1.82) is 0 Å². The summed E-state index contributed by atoms with van der Waals surface area (Å²) in [7, 11) is 0. The first kappa shape index (κ1) is 22.8. The van der Waals surface area contributed by atoms with Crippen molar-refractivity contribution < 1.29 is 0 Å². The molecule has 4 aromatic rings. The third kappa shape index (κ3) is 4.91. The van der Waals surface area contributed by atoms with Gasteiger partial charge in [-0.15, -0.1) is 0 Å². The molecule has 174 valence electrons. The van der Waals surface area contributed by atoms with E-state index >= 15 is 0 Å². The average molecular weight is 472 g/mol. The van der Waals surface area contributed by atoms with E-state index in [9.17, 15) is 0 Å². The van der Waals surface area contributed by atoms with Crippen LogP contribution in [0.15, 0.2) is 67.1 Å². The van der Waals surface area contributed by atoms with E-state index in [0.29, 0.717) is 23.0 Å². The fourth-order valence-corrected chi connectivity index (χ4v) is 5.15. The van der Waals surface area contributed by atoms with Gasteiger partial charge in [0.05, 0.1) is 5.69 Å². The Kier molecular flexibility index (Phi) is 6.75. The van der Waals surface area contributed by atoms with Crippen molar-refractivity contribution in [3.8, 4) is 22.5 Å². The summed E-state index contributed by atoms with van der Waals surface area (Å²) in [5.41, 5.74) is 7.74. The second-order valence-electron chi connectivity index (χ2n) is 9.31. The molecule has 2 N–H and O–H groups in total. The number of hydrogen-bond acceptors (Lipinski definition) is 4. The Bertz CT molecular complexity index is 1210. The van der Waals surface area contributed by atoms with Crippen LogP contribution in [0.1, 0.15) is 61.4 Å². The van der Waals surface area contributed by atoms with Gasteiger partial charge in [-0.3, -0.25) is 5.10 Å². The molecule has 0 saturated heterocycles. The predicted octanol–water partition coefficient (Wildman–Crippen LogP) is 6.87. The summed E-state index contributed by atoms with van der Waals surface area (Å²) in [5.74, 6) is 0.422. The zero-order valence-corrected chi connectivity index (χ0v) is 20.4. The summed E-state index contributed by atoms with van der Waals surface area (Å²) in [6, 6.07) is 19.5. The first-order valence-electron chi connectivity index (χ1n) is 12.0. The van der Waals surface area contributed by atoms with Crippen molar-refractivity contribution in [3.05, 3.63) is 89.0 Å². The molecule has 5 nitrogen and oxygen atoms in total. The van der Waals surface area contributed by atoms with Gasteiger partial charge >= 0.3 is 0 Å². The SMILES string of the molecule is Cc1ccc([C@@H](C)NC2CCC(c3[nH]nc(-c4ccc(Cl)cc4)c3-c3ccncn3)CC2)cc1. The Hall–Kier alpha value is -3.02. The molecular formula is C28H30ClN5. The number of H-pyrrole nitrogens is 1. The number of hydrogen-bond donors (Lipinski definition) is 2. The second kappa shape index (κ2) is 10.1. The van der Waals surface area contributed by atoms with Gasteiger partial charge in [-0.25, -0.2) is 9.97 Å². The number of aromatic amines is 1. The average Bonchev–Trinajstić information content (AvgIpc) is 3.31. The highest BCUT2D eigenvalue weighted by molar-refractivity contribution is 6.30. The van der Waals surface area contributed by atoms with Crippen LogP contribution in [0.3, 0.4) is 0 Å². The highest BCUT2D eigenvalue weighted by Crippen LogP contribution is 2.41. The number of benzene rings is 2. The molecule has 0 amide bonds. The zero-order valence-electron chi connectivity index (χ0n) is 19.6. The number of nitrogens with one attached hydrogen (secondary N) is 2. The Morgan fingerprint density at radius 2 is 1.71 bits per heavy atom. The van der Waals surface area contributed by atoms with Gasteiger partial charge < -0.3 is 5.32 Å². The van der Waals surface area contributed by atoms with E-state index in [-0.39, 0.29) is 0 Å². The summed E-state index contributed by atoms with van der Waals surface area (Å²) in [5, 5.41) is 12.7. The predicted molar refractivity (Wildman–Crippen MR) is 138 cm³/mol. The first-order valence-corrected chi connectivity index (χ1v) is 12.4. The van der Waals surface area contributed by atoms with E-state index in [0.717, 1.165) is 48.2 Å². The Labute approximate surface area is 206 Å². The number of rotatable bonds is 6. The third-order valence-electron chi connectivity index (χ3n) is 6.95. The molecule has 2 aromatic carbocycles. The van der Waals surface area contributed by atoms with Gasteiger partial charge in [0, 0.05) is 46.0 Å². The summed E-state index contributed by atoms with van der Waals surface area (Å²) >= 11 is 6.12. The number of aromatic nitrogens is 4. The molecule has 0 bridgehead atoms. The van der Waals surface area contributed by atoms with E-state index in [4.69, 9.17) is 16.7 Å². The van der Waals surface area contributed by atoms with Gasteiger partial charge in [0.1, 0.15) is 12.0 Å². The molecule has 34 heavy (non-hydrogen) atoms. The molecule has 1 aliphatic rings. The number of halogens is 1. The summed E-state index contributed by atoms with van der Waals surface area (Å²) in [4.78, 5) is 8.68. The monoisotopic (exact) mass is 471 g/mol. The third-order valence-corrected chi connectivity index (χ3v) is 7.20. The van der Waals surface area contributed by atoms with Crippen molar-refractivity contribution in [2.45, 2.75) is 57.5 Å². The van der Waals surface area contributed by atoms with Crippen LogP contribution < -0.4 is 5.32 Å². The lowest BCUT2D eigenvalue weighted by molar-refractivity contribution is 0.319. The molecular weight excluding hydrogens is 442 g/mol. The molecule has 0 spiro atoms. The maximum Gasteiger partial charge on any atom is 0.116 e. The van der Waals surface area contributed by atoms with E-state index in [1.54, 1.807) is 12.5 Å². The Balaban J connectivity index is 1.34. The first-order chi connectivity index (χ1) is 16.6. The molecule has 2 aromatic heterocycles. The normalized spacial score (nSPS) is 19.1. The minimum Gasteiger partial charge on any atom is -0.307 e. The molecule has 1 aliphatic carbocycles. The topological polar surface area (TPSA) is 66.5 Å². The highest BCUT2D eigenvalue weighted by Gasteiger charge is 2.29. The van der Waals surface area contributed by atoms with Crippen LogP contribution in [0.2, 0.25) is 5.02 Å². The van der Waals surface area contributed by atoms with Crippen molar-refractivity contribution in [3.63, 3.8) is 0 Å². The van der Waals surface area contributed by atoms with Gasteiger partial charge in [-0.05, 0) is 63.3 Å². The molecule has 0 unspecified atom stereocenters. The van der Waals surface area contributed by atoms with E-state index in [2.05, 4.69) is 58.5 Å². The molecule has 1 fully saturated rings. The van der Waals surface area contributed by atoms with Crippen molar-refractivity contribution in [1.82, 2.24) is 25.5 Å². The molecule has 2 heterocycles. The van der Waals surface area contributed by atoms with E-state index < -0.39 is 0 Å². The van der Waals surface area contributed by atoms with Crippen molar-refractivity contribution >= 4 is 11.6 Å². The molecule has 1 atom stereocenters. The number of nitrogens with zero attached hydrogens (tertiary/aromatic N) is 3. The van der Waals surface area contributed by atoms with Crippen LogP contribution in [0.4, 0.5) is 0 Å². The highest BCUT2D eigenvalue weighted by atomic mass is 35.5. The quantitative estimate of drug-likeness (QED) is 0.322. The van der Waals surface area contributed by atoms with Gasteiger partial charge in [-0.1, -0.05) is 53.6 Å². The summed E-state index contributed by atoms with van der Waals surface area (Å²) < 4.78 is 0. The Morgan fingerprint density at radius 1 is 0.971 bits per heavy atom. The minimum absolute atomic E-state index is 0.349. The summed E-state index contributed by atoms with van der Waals surface area (Å²) in [6.45, 7) is 4.39. The van der Waals surface area contributed by atoms with E-state index in [1.807, 2.05) is 30.3 Å². The molecule has 0 aliphatic heterocycles. The zero-order chi connectivity index (χ0) is 23.5. The molecule has 5 rings (SSSR count). The lowest BCUT2D eigenvalue weighted by atomic mass is 9.81. The minimum atomic E-state index is 0.349. The second-order valence-corrected chi connectivity index (χ2v) is 9.75. The lowest BCUT2D eigenvalue weighted by Crippen LogP contribution is -2.34. The fraction of sp³-hybridized carbons (Fsp3) is 0.321. The fourth-order valence-electron chi connectivity index (χ4n) is 5.02. The van der Waals surface area contributed by atoms with E-state index in [1.165, 1.54) is 16.8 Å². The van der Waals surface area contributed by atoms with Gasteiger partial charge in [0.15, 0.2) is 0 Å². The largest absolute Gasteiger partial charge is 0.307 e. The standard InChI is InChI=1S/C28H30ClN5/c1-18-3-5-20(6-4-18)19(2)32-24-13-9-22(10-14-24)28-26(25-15-16-30-17-31-25)27(33-34-28)21-7-11-23(29)12-8-21/h3-8,11-12,15-17,19,22,24,32H,9-10,13-14H2,1-2H3,(H,33,34)/t19-,22?,24?/m1/s1. The van der Waals surface area contributed by atoms with Crippen LogP contribution in [0.25, 0.3) is 22.5 Å². The maximum atomic E-state index is 6.12. The van der Waals surface area contributed by atoms with Crippen molar-refractivity contribution in [2.24, 2.45) is 0 Å². The van der Waals surface area contributed by atoms with Crippen LogP contribution in [0, 0.1) is 6.92 Å². The molecule has 1 saturated carbocycles. The molecule has 0 radical (unpaired) electrons. The van der Waals surface area contributed by atoms with Crippen LogP contribution in [-0.2, 0) is 0 Å². The molecule has 6 heteroatoms. The van der Waals surface area contributed by atoms with Gasteiger partial charge in [0.2, 0.25) is 0 Å². The van der Waals surface area contributed by atoms with Crippen molar-refractivity contribution in [2.75, 3.05) is 0 Å². The maximum absolute atomic E-state index is 6.12. The summed E-state index contributed by atoms with van der Waals surface area (Å²) in [6.07, 6.45) is 7.89. The van der Waals surface area contributed by atoms with Gasteiger partial charge in [0.25, 0.3) is 0 Å². The number of aryl methyl sites for hydroxylation is 1. The lowest BCUT2D eigenvalue weighted by Gasteiger charge is -2.31. The van der Waals surface area contributed by atoms with Crippen LogP contribution in [-0.4, -0.2) is 26.2 Å². The van der Waals surface area contributed by atoms with Crippen LogP contribution >= 0.6 is 11.6 Å². The Morgan fingerprint density at radius 3 is 2.38 bits per heavy atom. The van der Waals surface area contributed by atoms with Gasteiger partial charge in [-0.2, -0.15) is 5.10 Å². The van der Waals surface area contributed by atoms with Crippen LogP contribution in [0.5, 0.6) is 0 Å². The smallest absolute Gasteiger partial charge is 0.116 e.